The van der Waals surface area contributed by atoms with Crippen molar-refractivity contribution in [3.63, 3.8) is 0 Å². The Kier molecular flexibility index (Phi) is 4.98. The fraction of sp³-hybridized carbons (Fsp3) is 0.529. The number of likely N-dealkylation sites (N-methyl/N-ethyl adjacent to an activating group) is 1. The predicted molar refractivity (Wildman–Crippen MR) is 90.3 cm³/mol. The van der Waals surface area contributed by atoms with E-state index in [1.165, 1.54) is 0 Å². The largest absolute Gasteiger partial charge is 0.476 e. The van der Waals surface area contributed by atoms with Gasteiger partial charge in [0.05, 0.1) is 13.1 Å². The number of hydrogen-bond acceptors (Lipinski definition) is 6. The molecule has 1 aliphatic carbocycles. The minimum absolute atomic E-state index is 0.155. The minimum Gasteiger partial charge on any atom is -0.476 e. The normalized spacial score (nSPS) is 16.8. The number of nitrogens with zero attached hydrogens (tertiary/aromatic N) is 5. The molecule has 2 heterocycles. The van der Waals surface area contributed by atoms with E-state index in [-0.39, 0.29) is 11.7 Å². The van der Waals surface area contributed by atoms with Crippen molar-refractivity contribution < 1.29 is 14.4 Å². The summed E-state index contributed by atoms with van der Waals surface area (Å²) < 4.78 is 6.91. The standard InChI is InChI=1S/C17H23N5O3/c1-4-8-22-13-7-6-11(9-12(13)16(19-22)17(23)24)21(3)10-14-18-15(5-2)25-20-14/h4,11H,1,5-10H2,2-3H3,(H,23,24)/t11-/m1/s1. The number of aromatic nitrogens is 4. The molecule has 0 saturated carbocycles. The molecule has 0 saturated heterocycles. The monoisotopic (exact) mass is 345 g/mol. The van der Waals surface area contributed by atoms with Gasteiger partial charge < -0.3 is 9.63 Å². The molecule has 0 amide bonds. The summed E-state index contributed by atoms with van der Waals surface area (Å²) in [6.07, 6.45) is 4.84. The Bertz CT molecular complexity index is 779. The van der Waals surface area contributed by atoms with Crippen LogP contribution in [0.2, 0.25) is 0 Å². The van der Waals surface area contributed by atoms with Crippen LogP contribution in [0.3, 0.4) is 0 Å². The van der Waals surface area contributed by atoms with E-state index in [9.17, 15) is 9.90 Å². The molecular weight excluding hydrogens is 322 g/mol. The Hall–Kier alpha value is -2.48. The van der Waals surface area contributed by atoms with Crippen LogP contribution in [0.15, 0.2) is 17.2 Å². The van der Waals surface area contributed by atoms with Crippen molar-refractivity contribution >= 4 is 5.97 Å². The van der Waals surface area contributed by atoms with E-state index in [1.807, 2.05) is 14.0 Å². The minimum atomic E-state index is -0.979. The van der Waals surface area contributed by atoms with Crippen molar-refractivity contribution in [3.8, 4) is 0 Å². The highest BCUT2D eigenvalue weighted by atomic mass is 16.5. The molecule has 0 fully saturated rings. The summed E-state index contributed by atoms with van der Waals surface area (Å²) in [6, 6.07) is 0.218. The van der Waals surface area contributed by atoms with Crippen LogP contribution in [0, 0.1) is 0 Å². The third-order valence-electron chi connectivity index (χ3n) is 4.65. The van der Waals surface area contributed by atoms with E-state index >= 15 is 0 Å². The zero-order valence-corrected chi connectivity index (χ0v) is 14.6. The van der Waals surface area contributed by atoms with Crippen LogP contribution in [0.4, 0.5) is 0 Å². The number of fused-ring (bicyclic) bond motifs is 1. The first kappa shape index (κ1) is 17.3. The van der Waals surface area contributed by atoms with E-state index in [0.29, 0.717) is 37.6 Å². The molecule has 2 aromatic heterocycles. The lowest BCUT2D eigenvalue weighted by Gasteiger charge is -2.30. The first-order chi connectivity index (χ1) is 12.0. The van der Waals surface area contributed by atoms with E-state index in [0.717, 1.165) is 24.1 Å². The summed E-state index contributed by atoms with van der Waals surface area (Å²) >= 11 is 0. The van der Waals surface area contributed by atoms with Gasteiger partial charge in [0.25, 0.3) is 0 Å². The lowest BCUT2D eigenvalue weighted by molar-refractivity contribution is 0.0687. The molecule has 0 radical (unpaired) electrons. The number of aryl methyl sites for hydroxylation is 1. The number of aromatic carboxylic acids is 1. The molecular formula is C17H23N5O3. The van der Waals surface area contributed by atoms with Gasteiger partial charge >= 0.3 is 5.97 Å². The van der Waals surface area contributed by atoms with E-state index in [4.69, 9.17) is 4.52 Å². The quantitative estimate of drug-likeness (QED) is 0.763. The van der Waals surface area contributed by atoms with Gasteiger partial charge in [0.15, 0.2) is 11.5 Å². The Morgan fingerprint density at radius 1 is 1.56 bits per heavy atom. The molecule has 8 nitrogen and oxygen atoms in total. The van der Waals surface area contributed by atoms with Gasteiger partial charge in [0, 0.05) is 23.7 Å². The third kappa shape index (κ3) is 3.48. The Labute approximate surface area is 146 Å². The Morgan fingerprint density at radius 3 is 3.00 bits per heavy atom. The van der Waals surface area contributed by atoms with Crippen LogP contribution in [-0.2, 0) is 32.4 Å². The lowest BCUT2D eigenvalue weighted by Crippen LogP contribution is -2.36. The van der Waals surface area contributed by atoms with Gasteiger partial charge in [0.2, 0.25) is 5.89 Å². The summed E-state index contributed by atoms with van der Waals surface area (Å²) in [5, 5.41) is 17.7. The number of allylic oxidation sites excluding steroid dienone is 1. The molecule has 1 N–H and O–H groups in total. The van der Waals surface area contributed by atoms with Crippen LogP contribution < -0.4 is 0 Å². The van der Waals surface area contributed by atoms with Crippen LogP contribution in [-0.4, -0.2) is 49.0 Å². The van der Waals surface area contributed by atoms with Crippen LogP contribution >= 0.6 is 0 Å². The van der Waals surface area contributed by atoms with Gasteiger partial charge in [-0.1, -0.05) is 18.2 Å². The van der Waals surface area contributed by atoms with Crippen molar-refractivity contribution in [1.29, 1.82) is 0 Å². The molecule has 0 bridgehead atoms. The highest BCUT2D eigenvalue weighted by Crippen LogP contribution is 2.27. The van der Waals surface area contributed by atoms with Crippen molar-refractivity contribution in [3.05, 3.63) is 41.3 Å². The first-order valence-electron chi connectivity index (χ1n) is 8.47. The molecule has 1 atom stereocenters. The number of hydrogen-bond donors (Lipinski definition) is 1. The van der Waals surface area contributed by atoms with Gasteiger partial charge in [0.1, 0.15) is 0 Å². The number of rotatable bonds is 7. The number of carboxylic acids is 1. The van der Waals surface area contributed by atoms with Gasteiger partial charge in [-0.05, 0) is 26.3 Å². The molecule has 134 valence electrons. The summed E-state index contributed by atoms with van der Waals surface area (Å²) in [4.78, 5) is 18.0. The van der Waals surface area contributed by atoms with Crippen molar-refractivity contribution in [2.24, 2.45) is 0 Å². The van der Waals surface area contributed by atoms with Gasteiger partial charge in [-0.15, -0.1) is 6.58 Å². The average Bonchev–Trinajstić information content (AvgIpc) is 3.19. The van der Waals surface area contributed by atoms with Crippen LogP contribution in [0.25, 0.3) is 0 Å². The number of carbonyl (C=O) groups is 1. The molecule has 0 unspecified atom stereocenters. The zero-order valence-electron chi connectivity index (χ0n) is 14.6. The smallest absolute Gasteiger partial charge is 0.356 e. The molecule has 3 rings (SSSR count). The molecule has 8 heteroatoms. The lowest BCUT2D eigenvalue weighted by atomic mass is 9.90. The molecule has 1 aliphatic rings. The highest BCUT2D eigenvalue weighted by molar-refractivity contribution is 5.87. The Balaban J connectivity index is 1.77. The van der Waals surface area contributed by atoms with Gasteiger partial charge in [-0.25, -0.2) is 4.79 Å². The second-order valence-electron chi connectivity index (χ2n) is 6.32. The molecule has 2 aromatic rings. The fourth-order valence-electron chi connectivity index (χ4n) is 3.34. The summed E-state index contributed by atoms with van der Waals surface area (Å²) in [6.45, 7) is 6.79. The SMILES string of the molecule is C=CCn1nc(C(=O)O)c2c1CC[C@@H](N(C)Cc1noc(CC)n1)C2. The van der Waals surface area contributed by atoms with Crippen molar-refractivity contribution in [2.45, 2.75) is 51.7 Å². The molecule has 0 spiro atoms. The summed E-state index contributed by atoms with van der Waals surface area (Å²) in [7, 11) is 2.01. The molecule has 0 aromatic carbocycles. The summed E-state index contributed by atoms with van der Waals surface area (Å²) in [5.41, 5.74) is 2.00. The Morgan fingerprint density at radius 2 is 2.36 bits per heavy atom. The van der Waals surface area contributed by atoms with Crippen molar-refractivity contribution in [2.75, 3.05) is 7.05 Å². The van der Waals surface area contributed by atoms with Crippen LogP contribution in [0.1, 0.15) is 46.8 Å². The van der Waals surface area contributed by atoms with Crippen LogP contribution in [0.5, 0.6) is 0 Å². The maximum absolute atomic E-state index is 11.5. The van der Waals surface area contributed by atoms with Gasteiger partial charge in [-0.2, -0.15) is 10.1 Å². The zero-order chi connectivity index (χ0) is 18.0. The highest BCUT2D eigenvalue weighted by Gasteiger charge is 2.30. The maximum Gasteiger partial charge on any atom is 0.356 e. The second kappa shape index (κ2) is 7.18. The predicted octanol–water partition coefficient (Wildman–Crippen LogP) is 1.70. The maximum atomic E-state index is 11.5. The molecule has 25 heavy (non-hydrogen) atoms. The van der Waals surface area contributed by atoms with E-state index in [1.54, 1.807) is 10.8 Å². The van der Waals surface area contributed by atoms with E-state index < -0.39 is 5.97 Å². The second-order valence-corrected chi connectivity index (χ2v) is 6.32. The third-order valence-corrected chi connectivity index (χ3v) is 4.65. The average molecular weight is 345 g/mol. The molecule has 0 aliphatic heterocycles. The first-order valence-corrected chi connectivity index (χ1v) is 8.47. The van der Waals surface area contributed by atoms with Crippen molar-refractivity contribution in [1.82, 2.24) is 24.8 Å². The summed E-state index contributed by atoms with van der Waals surface area (Å²) in [5.74, 6) is 0.312. The van der Waals surface area contributed by atoms with E-state index in [2.05, 4.69) is 26.7 Å². The van der Waals surface area contributed by atoms with Gasteiger partial charge in [-0.3, -0.25) is 9.58 Å². The number of carboxylic acid groups (broad SMARTS) is 1. The fourth-order valence-corrected chi connectivity index (χ4v) is 3.34. The topological polar surface area (TPSA) is 97.3 Å².